The van der Waals surface area contributed by atoms with Crippen molar-refractivity contribution < 1.29 is 14.3 Å². The van der Waals surface area contributed by atoms with Crippen molar-refractivity contribution in [2.45, 2.75) is 0 Å². The molecular formula is C7H10N2O3. The number of nitrogen functional groups attached to an aromatic ring is 1. The Labute approximate surface area is 69.7 Å². The van der Waals surface area contributed by atoms with Crippen LogP contribution in [0.5, 0.6) is 5.88 Å². The third-order valence-corrected chi connectivity index (χ3v) is 1.34. The fourth-order valence-corrected chi connectivity index (χ4v) is 0.797. The minimum Gasteiger partial charge on any atom is -0.437 e. The summed E-state index contributed by atoms with van der Waals surface area (Å²) in [5.41, 5.74) is 5.98. The smallest absolute Gasteiger partial charge is 0.437 e. The highest BCUT2D eigenvalue weighted by atomic mass is 16.7. The molecule has 0 saturated heterocycles. The number of ether oxygens (including phenoxy) is 2. The molecule has 1 rings (SSSR count). The first-order valence-electron chi connectivity index (χ1n) is 3.31. The van der Waals surface area contributed by atoms with Crippen LogP contribution in [-0.2, 0) is 11.8 Å². The number of methoxy groups -OCH3 is 1. The third-order valence-electron chi connectivity index (χ3n) is 1.34. The summed E-state index contributed by atoms with van der Waals surface area (Å²) in [6.45, 7) is 0. The molecule has 12 heavy (non-hydrogen) atoms. The number of aromatic nitrogens is 1. The summed E-state index contributed by atoms with van der Waals surface area (Å²) >= 11 is 0. The van der Waals surface area contributed by atoms with Crippen LogP contribution in [0, 0.1) is 0 Å². The summed E-state index contributed by atoms with van der Waals surface area (Å²) in [4.78, 5) is 10.6. The predicted molar refractivity (Wildman–Crippen MR) is 42.9 cm³/mol. The van der Waals surface area contributed by atoms with Gasteiger partial charge >= 0.3 is 6.16 Å². The minimum atomic E-state index is -0.754. The van der Waals surface area contributed by atoms with Gasteiger partial charge in [-0.1, -0.05) is 0 Å². The van der Waals surface area contributed by atoms with E-state index < -0.39 is 6.16 Å². The number of rotatable bonds is 1. The lowest BCUT2D eigenvalue weighted by atomic mass is 10.5. The molecule has 5 nitrogen and oxygen atoms in total. The monoisotopic (exact) mass is 170 g/mol. The molecule has 0 aromatic carbocycles. The Morgan fingerprint density at radius 2 is 2.33 bits per heavy atom. The molecule has 0 aliphatic rings. The van der Waals surface area contributed by atoms with Gasteiger partial charge in [0.15, 0.2) is 0 Å². The molecule has 0 atom stereocenters. The van der Waals surface area contributed by atoms with E-state index in [2.05, 4.69) is 4.74 Å². The van der Waals surface area contributed by atoms with Crippen LogP contribution in [0.15, 0.2) is 12.3 Å². The molecule has 5 heteroatoms. The van der Waals surface area contributed by atoms with Crippen molar-refractivity contribution in [2.75, 3.05) is 12.8 Å². The van der Waals surface area contributed by atoms with Crippen LogP contribution in [0.4, 0.5) is 10.5 Å². The zero-order chi connectivity index (χ0) is 9.14. The Kier molecular flexibility index (Phi) is 2.23. The Hall–Kier alpha value is -1.65. The highest BCUT2D eigenvalue weighted by molar-refractivity contribution is 5.63. The van der Waals surface area contributed by atoms with Crippen molar-refractivity contribution in [2.24, 2.45) is 7.05 Å². The van der Waals surface area contributed by atoms with Crippen LogP contribution in [-0.4, -0.2) is 17.8 Å². The lowest BCUT2D eigenvalue weighted by Crippen LogP contribution is -2.09. The molecular weight excluding hydrogens is 160 g/mol. The Morgan fingerprint density at radius 3 is 2.75 bits per heavy atom. The molecule has 0 aliphatic carbocycles. The first-order valence-corrected chi connectivity index (χ1v) is 3.31. The van der Waals surface area contributed by atoms with E-state index in [0.29, 0.717) is 11.6 Å². The highest BCUT2D eigenvalue weighted by Crippen LogP contribution is 2.16. The van der Waals surface area contributed by atoms with Crippen molar-refractivity contribution in [1.82, 2.24) is 4.57 Å². The van der Waals surface area contributed by atoms with Gasteiger partial charge in [-0.3, -0.25) is 0 Å². The van der Waals surface area contributed by atoms with E-state index in [-0.39, 0.29) is 0 Å². The van der Waals surface area contributed by atoms with Gasteiger partial charge in [-0.15, -0.1) is 0 Å². The van der Waals surface area contributed by atoms with E-state index in [1.165, 1.54) is 13.2 Å². The number of hydrogen-bond donors (Lipinski definition) is 1. The van der Waals surface area contributed by atoms with Gasteiger partial charge in [-0.25, -0.2) is 4.79 Å². The van der Waals surface area contributed by atoms with Gasteiger partial charge in [0.05, 0.1) is 12.8 Å². The highest BCUT2D eigenvalue weighted by Gasteiger charge is 2.07. The second-order valence-electron chi connectivity index (χ2n) is 2.28. The summed E-state index contributed by atoms with van der Waals surface area (Å²) in [7, 11) is 2.96. The molecule has 0 spiro atoms. The summed E-state index contributed by atoms with van der Waals surface area (Å²) in [6, 6.07) is 1.54. The average Bonchev–Trinajstić information content (AvgIpc) is 2.30. The number of anilines is 1. The standard InChI is InChI=1S/C7H10N2O3/c1-9-4-5(8)3-6(9)12-7(10)11-2/h3-4H,8H2,1-2H3. The lowest BCUT2D eigenvalue weighted by molar-refractivity contribution is 0.118. The number of carbonyl (C=O) groups excluding carboxylic acids is 1. The van der Waals surface area contributed by atoms with Crippen LogP contribution in [0.1, 0.15) is 0 Å². The third kappa shape index (κ3) is 1.69. The summed E-state index contributed by atoms with van der Waals surface area (Å²) in [6.07, 6.45) is 0.884. The van der Waals surface area contributed by atoms with Crippen LogP contribution in [0.25, 0.3) is 0 Å². The molecule has 1 heterocycles. The largest absolute Gasteiger partial charge is 0.514 e. The Morgan fingerprint density at radius 1 is 1.67 bits per heavy atom. The molecule has 66 valence electrons. The summed E-state index contributed by atoms with van der Waals surface area (Å²) < 4.78 is 10.6. The zero-order valence-corrected chi connectivity index (χ0v) is 6.90. The fraction of sp³-hybridized carbons (Fsp3) is 0.286. The van der Waals surface area contributed by atoms with Gasteiger partial charge in [0, 0.05) is 19.3 Å². The summed E-state index contributed by atoms with van der Waals surface area (Å²) in [5, 5.41) is 0. The van der Waals surface area contributed by atoms with Crippen molar-refractivity contribution in [3.05, 3.63) is 12.3 Å². The van der Waals surface area contributed by atoms with E-state index in [4.69, 9.17) is 10.5 Å². The van der Waals surface area contributed by atoms with Gasteiger partial charge in [-0.2, -0.15) is 0 Å². The van der Waals surface area contributed by atoms with Gasteiger partial charge < -0.3 is 19.8 Å². The number of carbonyl (C=O) groups is 1. The minimum absolute atomic E-state index is 0.361. The zero-order valence-electron chi connectivity index (χ0n) is 6.90. The van der Waals surface area contributed by atoms with E-state index in [9.17, 15) is 4.79 Å². The normalized spacial score (nSPS) is 9.50. The number of nitrogens with two attached hydrogens (primary N) is 1. The van der Waals surface area contributed by atoms with Gasteiger partial charge in [0.1, 0.15) is 0 Å². The van der Waals surface area contributed by atoms with Crippen molar-refractivity contribution in [1.29, 1.82) is 0 Å². The second kappa shape index (κ2) is 3.17. The predicted octanol–water partition coefficient (Wildman–Crippen LogP) is 0.752. The fourth-order valence-electron chi connectivity index (χ4n) is 0.797. The topological polar surface area (TPSA) is 66.5 Å². The van der Waals surface area contributed by atoms with Crippen molar-refractivity contribution in [3.8, 4) is 5.88 Å². The van der Waals surface area contributed by atoms with Gasteiger partial charge in [0.25, 0.3) is 0 Å². The van der Waals surface area contributed by atoms with E-state index in [1.54, 1.807) is 17.8 Å². The van der Waals surface area contributed by atoms with Crippen LogP contribution >= 0.6 is 0 Å². The van der Waals surface area contributed by atoms with Gasteiger partial charge in [-0.05, 0) is 0 Å². The van der Waals surface area contributed by atoms with E-state index in [0.717, 1.165) is 0 Å². The molecule has 2 N–H and O–H groups in total. The first kappa shape index (κ1) is 8.45. The van der Waals surface area contributed by atoms with Crippen molar-refractivity contribution >= 4 is 11.8 Å². The molecule has 0 amide bonds. The number of nitrogens with zero attached hydrogens (tertiary/aromatic N) is 1. The summed E-state index contributed by atoms with van der Waals surface area (Å²) in [5.74, 6) is 0.361. The van der Waals surface area contributed by atoms with E-state index in [1.807, 2.05) is 0 Å². The SMILES string of the molecule is COC(=O)Oc1cc(N)cn1C. The first-order chi connectivity index (χ1) is 5.63. The molecule has 1 aromatic heterocycles. The maximum atomic E-state index is 10.6. The molecule has 0 radical (unpaired) electrons. The van der Waals surface area contributed by atoms with Gasteiger partial charge in [0.2, 0.25) is 5.88 Å². The Bertz CT molecular complexity index is 293. The molecule has 0 saturated carbocycles. The van der Waals surface area contributed by atoms with Crippen LogP contribution < -0.4 is 10.5 Å². The number of hydrogen-bond acceptors (Lipinski definition) is 4. The maximum Gasteiger partial charge on any atom is 0.514 e. The Balaban J connectivity index is 2.75. The quantitative estimate of drug-likeness (QED) is 0.631. The number of aryl methyl sites for hydroxylation is 1. The molecule has 0 unspecified atom stereocenters. The average molecular weight is 170 g/mol. The van der Waals surface area contributed by atoms with Crippen LogP contribution in [0.3, 0.4) is 0 Å². The van der Waals surface area contributed by atoms with E-state index >= 15 is 0 Å². The second-order valence-corrected chi connectivity index (χ2v) is 2.28. The molecule has 1 aromatic rings. The molecule has 0 fully saturated rings. The van der Waals surface area contributed by atoms with Crippen LogP contribution in [0.2, 0.25) is 0 Å². The van der Waals surface area contributed by atoms with Crippen molar-refractivity contribution in [3.63, 3.8) is 0 Å². The molecule has 0 aliphatic heterocycles. The maximum absolute atomic E-state index is 10.6. The molecule has 0 bridgehead atoms. The lowest BCUT2D eigenvalue weighted by Gasteiger charge is -2.01.